The Morgan fingerprint density at radius 1 is 1.44 bits per heavy atom. The number of hydrogen-bond donors (Lipinski definition) is 1. The van der Waals surface area contributed by atoms with Gasteiger partial charge in [-0.1, -0.05) is 0 Å². The Morgan fingerprint density at radius 3 is 3.00 bits per heavy atom. The lowest BCUT2D eigenvalue weighted by Gasteiger charge is -2.25. The molecular formula is C13H19FN2. The maximum atomic E-state index is 13.2. The second-order valence-corrected chi connectivity index (χ2v) is 4.59. The van der Waals surface area contributed by atoms with Gasteiger partial charge in [-0.2, -0.15) is 0 Å². The first-order valence-electron chi connectivity index (χ1n) is 5.91. The van der Waals surface area contributed by atoms with Crippen molar-refractivity contribution in [2.75, 3.05) is 24.5 Å². The lowest BCUT2D eigenvalue weighted by molar-refractivity contribution is 0.584. The van der Waals surface area contributed by atoms with Gasteiger partial charge in [0.25, 0.3) is 0 Å². The van der Waals surface area contributed by atoms with Crippen LogP contribution in [0.15, 0.2) is 18.2 Å². The molecule has 16 heavy (non-hydrogen) atoms. The van der Waals surface area contributed by atoms with E-state index < -0.39 is 0 Å². The molecule has 1 heterocycles. The van der Waals surface area contributed by atoms with Crippen LogP contribution in [0.3, 0.4) is 0 Å². The lowest BCUT2D eigenvalue weighted by atomic mass is 10.2. The molecule has 0 bridgehead atoms. The minimum absolute atomic E-state index is 0.121. The van der Waals surface area contributed by atoms with Gasteiger partial charge in [-0.15, -0.1) is 0 Å². The molecule has 2 rings (SSSR count). The number of aryl methyl sites for hydroxylation is 1. The predicted octanol–water partition coefficient (Wildman–Crippen LogP) is 2.32. The van der Waals surface area contributed by atoms with Crippen molar-refractivity contribution in [3.8, 4) is 0 Å². The molecule has 1 N–H and O–H groups in total. The summed E-state index contributed by atoms with van der Waals surface area (Å²) < 4.78 is 13.2. The number of benzene rings is 1. The maximum Gasteiger partial charge on any atom is 0.126 e. The van der Waals surface area contributed by atoms with E-state index in [4.69, 9.17) is 0 Å². The Balaban J connectivity index is 2.18. The molecule has 0 aromatic heterocycles. The summed E-state index contributed by atoms with van der Waals surface area (Å²) in [6, 6.07) is 5.87. The third kappa shape index (κ3) is 2.53. The Bertz CT molecular complexity index is 365. The fourth-order valence-corrected chi connectivity index (χ4v) is 2.16. The average Bonchev–Trinajstić information content (AvgIpc) is 2.47. The third-order valence-electron chi connectivity index (χ3n) is 3.10. The molecule has 0 spiro atoms. The van der Waals surface area contributed by atoms with Gasteiger partial charge in [0.15, 0.2) is 0 Å². The second-order valence-electron chi connectivity index (χ2n) is 4.59. The van der Waals surface area contributed by atoms with Crippen LogP contribution in [0.2, 0.25) is 0 Å². The average molecular weight is 222 g/mol. The standard InChI is InChI=1S/C13H19FN2/c1-10-8-12(4-5-13(10)14)16-7-3-6-15-11(2)9-16/h4-5,8,11,15H,3,6-7,9H2,1-2H3. The van der Waals surface area contributed by atoms with E-state index in [-0.39, 0.29) is 5.82 Å². The van der Waals surface area contributed by atoms with Crippen molar-refractivity contribution >= 4 is 5.69 Å². The van der Waals surface area contributed by atoms with E-state index in [1.807, 2.05) is 19.1 Å². The van der Waals surface area contributed by atoms with Crippen LogP contribution in [0, 0.1) is 12.7 Å². The van der Waals surface area contributed by atoms with Crippen molar-refractivity contribution in [1.29, 1.82) is 0 Å². The van der Waals surface area contributed by atoms with Crippen LogP contribution in [-0.4, -0.2) is 25.7 Å². The fraction of sp³-hybridized carbons (Fsp3) is 0.538. The SMILES string of the molecule is Cc1cc(N2CCCNC(C)C2)ccc1F. The quantitative estimate of drug-likeness (QED) is 0.784. The van der Waals surface area contributed by atoms with E-state index in [9.17, 15) is 4.39 Å². The summed E-state index contributed by atoms with van der Waals surface area (Å²) in [6.07, 6.45) is 1.14. The largest absolute Gasteiger partial charge is 0.370 e. The number of nitrogens with zero attached hydrogens (tertiary/aromatic N) is 1. The molecule has 3 heteroatoms. The summed E-state index contributed by atoms with van der Waals surface area (Å²) >= 11 is 0. The van der Waals surface area contributed by atoms with E-state index in [1.165, 1.54) is 0 Å². The molecular weight excluding hydrogens is 203 g/mol. The fourth-order valence-electron chi connectivity index (χ4n) is 2.16. The van der Waals surface area contributed by atoms with Crippen molar-refractivity contribution in [2.45, 2.75) is 26.3 Å². The van der Waals surface area contributed by atoms with Gasteiger partial charge in [0.05, 0.1) is 0 Å². The summed E-state index contributed by atoms with van der Waals surface area (Å²) in [5.74, 6) is -0.121. The Hall–Kier alpha value is -1.09. The zero-order valence-corrected chi connectivity index (χ0v) is 9.96. The highest BCUT2D eigenvalue weighted by Gasteiger charge is 2.14. The normalized spacial score (nSPS) is 21.9. The first kappa shape index (κ1) is 11.4. The van der Waals surface area contributed by atoms with E-state index in [2.05, 4.69) is 17.1 Å². The van der Waals surface area contributed by atoms with Crippen LogP contribution >= 0.6 is 0 Å². The van der Waals surface area contributed by atoms with Crippen molar-refractivity contribution in [3.05, 3.63) is 29.6 Å². The summed E-state index contributed by atoms with van der Waals surface area (Å²) in [5, 5.41) is 3.45. The molecule has 1 aliphatic rings. The molecule has 1 aliphatic heterocycles. The van der Waals surface area contributed by atoms with Gasteiger partial charge in [-0.3, -0.25) is 0 Å². The Kier molecular flexibility index (Phi) is 3.44. The molecule has 0 amide bonds. The molecule has 1 aromatic carbocycles. The first-order valence-corrected chi connectivity index (χ1v) is 5.91. The van der Waals surface area contributed by atoms with Gasteiger partial charge in [-0.05, 0) is 50.6 Å². The van der Waals surface area contributed by atoms with Crippen LogP contribution < -0.4 is 10.2 Å². The molecule has 0 aliphatic carbocycles. The molecule has 1 unspecified atom stereocenters. The van der Waals surface area contributed by atoms with Crippen LogP contribution in [-0.2, 0) is 0 Å². The number of halogens is 1. The molecule has 0 radical (unpaired) electrons. The molecule has 2 nitrogen and oxygen atoms in total. The summed E-state index contributed by atoms with van der Waals surface area (Å²) in [4.78, 5) is 2.33. The van der Waals surface area contributed by atoms with Crippen LogP contribution in [0.25, 0.3) is 0 Å². The molecule has 1 aromatic rings. The van der Waals surface area contributed by atoms with Crippen molar-refractivity contribution in [3.63, 3.8) is 0 Å². The zero-order chi connectivity index (χ0) is 11.5. The number of anilines is 1. The van der Waals surface area contributed by atoms with E-state index in [0.717, 1.165) is 37.3 Å². The zero-order valence-electron chi connectivity index (χ0n) is 9.96. The van der Waals surface area contributed by atoms with Gasteiger partial charge in [-0.25, -0.2) is 4.39 Å². The van der Waals surface area contributed by atoms with Gasteiger partial charge >= 0.3 is 0 Å². The summed E-state index contributed by atoms with van der Waals surface area (Å²) in [7, 11) is 0. The Labute approximate surface area is 96.5 Å². The van der Waals surface area contributed by atoms with Crippen LogP contribution in [0.5, 0.6) is 0 Å². The van der Waals surface area contributed by atoms with Crippen LogP contribution in [0.1, 0.15) is 18.9 Å². The van der Waals surface area contributed by atoms with E-state index in [0.29, 0.717) is 6.04 Å². The summed E-state index contributed by atoms with van der Waals surface area (Å²) in [5.41, 5.74) is 1.86. The van der Waals surface area contributed by atoms with Crippen molar-refractivity contribution < 1.29 is 4.39 Å². The van der Waals surface area contributed by atoms with Gasteiger partial charge in [0.2, 0.25) is 0 Å². The molecule has 1 fully saturated rings. The molecule has 1 saturated heterocycles. The minimum atomic E-state index is -0.121. The van der Waals surface area contributed by atoms with Gasteiger partial charge in [0, 0.05) is 24.8 Å². The van der Waals surface area contributed by atoms with Crippen LogP contribution in [0.4, 0.5) is 10.1 Å². The number of nitrogens with one attached hydrogen (secondary N) is 1. The topological polar surface area (TPSA) is 15.3 Å². The summed E-state index contributed by atoms with van der Waals surface area (Å²) in [6.45, 7) is 7.11. The van der Waals surface area contributed by atoms with Crippen molar-refractivity contribution in [2.24, 2.45) is 0 Å². The van der Waals surface area contributed by atoms with Gasteiger partial charge < -0.3 is 10.2 Å². The van der Waals surface area contributed by atoms with Crippen molar-refractivity contribution in [1.82, 2.24) is 5.32 Å². The highest BCUT2D eigenvalue weighted by Crippen LogP contribution is 2.19. The number of hydrogen-bond acceptors (Lipinski definition) is 2. The third-order valence-corrected chi connectivity index (χ3v) is 3.10. The van der Waals surface area contributed by atoms with Gasteiger partial charge in [0.1, 0.15) is 5.82 Å². The highest BCUT2D eigenvalue weighted by molar-refractivity contribution is 5.49. The number of rotatable bonds is 1. The molecule has 1 atom stereocenters. The lowest BCUT2D eigenvalue weighted by Crippen LogP contribution is -2.35. The smallest absolute Gasteiger partial charge is 0.126 e. The maximum absolute atomic E-state index is 13.2. The first-order chi connectivity index (χ1) is 7.66. The minimum Gasteiger partial charge on any atom is -0.370 e. The Morgan fingerprint density at radius 2 is 2.25 bits per heavy atom. The second kappa shape index (κ2) is 4.83. The predicted molar refractivity (Wildman–Crippen MR) is 65.4 cm³/mol. The highest BCUT2D eigenvalue weighted by atomic mass is 19.1. The molecule has 88 valence electrons. The molecule has 0 saturated carbocycles. The van der Waals surface area contributed by atoms with E-state index >= 15 is 0 Å². The monoisotopic (exact) mass is 222 g/mol. The van der Waals surface area contributed by atoms with E-state index in [1.54, 1.807) is 6.07 Å².